The van der Waals surface area contributed by atoms with Crippen molar-refractivity contribution >= 4 is 11.3 Å². The van der Waals surface area contributed by atoms with Gasteiger partial charge in [0.25, 0.3) is 0 Å². The van der Waals surface area contributed by atoms with Crippen LogP contribution in [0.15, 0.2) is 30.3 Å². The molecular formula is C18H22N2S. The molecule has 1 N–H and O–H groups in total. The topological polar surface area (TPSA) is 24.9 Å². The summed E-state index contributed by atoms with van der Waals surface area (Å²) in [4.78, 5) is 6.44. The lowest BCUT2D eigenvalue weighted by atomic mass is 10.2. The molecule has 0 saturated heterocycles. The van der Waals surface area contributed by atoms with E-state index in [4.69, 9.17) is 4.98 Å². The second kappa shape index (κ2) is 5.90. The Labute approximate surface area is 130 Å². The Hall–Kier alpha value is -1.19. The average molecular weight is 298 g/mol. The van der Waals surface area contributed by atoms with E-state index in [1.54, 1.807) is 0 Å². The van der Waals surface area contributed by atoms with Gasteiger partial charge in [-0.2, -0.15) is 0 Å². The van der Waals surface area contributed by atoms with Crippen LogP contribution in [-0.4, -0.2) is 11.0 Å². The zero-order valence-corrected chi connectivity index (χ0v) is 13.2. The Kier molecular flexibility index (Phi) is 3.78. The molecule has 2 saturated carbocycles. The van der Waals surface area contributed by atoms with E-state index in [0.29, 0.717) is 0 Å². The molecule has 2 nitrogen and oxygen atoms in total. The van der Waals surface area contributed by atoms with E-state index in [2.05, 4.69) is 35.6 Å². The van der Waals surface area contributed by atoms with E-state index < -0.39 is 0 Å². The van der Waals surface area contributed by atoms with Crippen LogP contribution in [0.1, 0.15) is 55.0 Å². The van der Waals surface area contributed by atoms with Crippen LogP contribution in [-0.2, 0) is 6.54 Å². The summed E-state index contributed by atoms with van der Waals surface area (Å²) in [5.41, 5.74) is 2.64. The fraction of sp³-hybridized carbons (Fsp3) is 0.500. The number of thiazole rings is 1. The van der Waals surface area contributed by atoms with Gasteiger partial charge in [0.05, 0.1) is 5.69 Å². The minimum absolute atomic E-state index is 0.735. The van der Waals surface area contributed by atoms with Crippen molar-refractivity contribution in [1.82, 2.24) is 10.3 Å². The Morgan fingerprint density at radius 1 is 1.05 bits per heavy atom. The van der Waals surface area contributed by atoms with E-state index in [-0.39, 0.29) is 0 Å². The van der Waals surface area contributed by atoms with Gasteiger partial charge in [-0.15, -0.1) is 11.3 Å². The van der Waals surface area contributed by atoms with E-state index in [1.807, 2.05) is 11.3 Å². The summed E-state index contributed by atoms with van der Waals surface area (Å²) < 4.78 is 0. The van der Waals surface area contributed by atoms with Crippen LogP contribution in [0, 0.1) is 0 Å². The van der Waals surface area contributed by atoms with E-state index in [9.17, 15) is 0 Å². The Morgan fingerprint density at radius 2 is 1.81 bits per heavy atom. The van der Waals surface area contributed by atoms with Crippen LogP contribution < -0.4 is 5.32 Å². The van der Waals surface area contributed by atoms with E-state index in [0.717, 1.165) is 18.5 Å². The number of rotatable bonds is 5. The zero-order valence-electron chi connectivity index (χ0n) is 12.3. The molecule has 2 aliphatic carbocycles. The van der Waals surface area contributed by atoms with Crippen molar-refractivity contribution in [3.05, 3.63) is 40.9 Å². The number of aromatic nitrogens is 1. The minimum Gasteiger partial charge on any atom is -0.309 e. The zero-order chi connectivity index (χ0) is 14.1. The Balaban J connectivity index is 1.55. The van der Waals surface area contributed by atoms with Gasteiger partial charge < -0.3 is 5.32 Å². The fourth-order valence-corrected chi connectivity index (χ4v) is 4.34. The average Bonchev–Trinajstić information content (AvgIpc) is 3.08. The SMILES string of the molecule is c1ccc(-c2nc(C3CC3)c(CNC3CCCC3)s2)cc1. The summed E-state index contributed by atoms with van der Waals surface area (Å²) in [5, 5.41) is 4.95. The van der Waals surface area contributed by atoms with Crippen molar-refractivity contribution in [3.63, 3.8) is 0 Å². The largest absolute Gasteiger partial charge is 0.309 e. The first kappa shape index (κ1) is 13.5. The Morgan fingerprint density at radius 3 is 2.52 bits per heavy atom. The van der Waals surface area contributed by atoms with Gasteiger partial charge in [0.1, 0.15) is 5.01 Å². The summed E-state index contributed by atoms with van der Waals surface area (Å²) in [5.74, 6) is 0.735. The quantitative estimate of drug-likeness (QED) is 0.864. The van der Waals surface area contributed by atoms with Gasteiger partial charge in [-0.1, -0.05) is 43.2 Å². The molecular weight excluding hydrogens is 276 g/mol. The molecule has 3 heteroatoms. The van der Waals surface area contributed by atoms with Crippen molar-refractivity contribution < 1.29 is 0 Å². The fourth-order valence-electron chi connectivity index (χ4n) is 3.24. The van der Waals surface area contributed by atoms with Crippen molar-refractivity contribution in [1.29, 1.82) is 0 Å². The van der Waals surface area contributed by atoms with E-state index in [1.165, 1.54) is 59.7 Å². The van der Waals surface area contributed by atoms with Crippen LogP contribution in [0.2, 0.25) is 0 Å². The first-order chi connectivity index (χ1) is 10.4. The van der Waals surface area contributed by atoms with Gasteiger partial charge in [0, 0.05) is 28.9 Å². The molecule has 2 fully saturated rings. The molecule has 0 atom stereocenters. The number of benzene rings is 1. The second-order valence-corrected chi connectivity index (χ2v) is 7.41. The van der Waals surface area contributed by atoms with Gasteiger partial charge >= 0.3 is 0 Å². The van der Waals surface area contributed by atoms with Crippen LogP contribution in [0.25, 0.3) is 10.6 Å². The molecule has 0 unspecified atom stereocenters. The third-order valence-corrected chi connectivity index (χ3v) is 5.74. The second-order valence-electron chi connectivity index (χ2n) is 6.33. The van der Waals surface area contributed by atoms with Gasteiger partial charge in [-0.3, -0.25) is 0 Å². The molecule has 4 rings (SSSR count). The molecule has 0 aliphatic heterocycles. The smallest absolute Gasteiger partial charge is 0.123 e. The molecule has 0 spiro atoms. The number of hydrogen-bond acceptors (Lipinski definition) is 3. The van der Waals surface area contributed by atoms with Crippen molar-refractivity contribution in [2.45, 2.75) is 57.0 Å². The van der Waals surface area contributed by atoms with Crippen molar-refractivity contribution in [2.75, 3.05) is 0 Å². The lowest BCUT2D eigenvalue weighted by molar-refractivity contribution is 0.525. The van der Waals surface area contributed by atoms with Crippen LogP contribution >= 0.6 is 11.3 Å². The maximum absolute atomic E-state index is 4.97. The lowest BCUT2D eigenvalue weighted by Gasteiger charge is -2.11. The Bertz CT molecular complexity index is 595. The summed E-state index contributed by atoms with van der Waals surface area (Å²) in [6, 6.07) is 11.3. The molecule has 0 amide bonds. The summed E-state index contributed by atoms with van der Waals surface area (Å²) in [6.07, 6.45) is 8.14. The predicted octanol–water partition coefficient (Wildman–Crippen LogP) is 4.72. The highest BCUT2D eigenvalue weighted by atomic mass is 32.1. The summed E-state index contributed by atoms with van der Waals surface area (Å²) in [7, 11) is 0. The third kappa shape index (κ3) is 3.04. The number of nitrogens with one attached hydrogen (secondary N) is 1. The summed E-state index contributed by atoms with van der Waals surface area (Å²) >= 11 is 1.89. The molecule has 0 bridgehead atoms. The highest BCUT2D eigenvalue weighted by molar-refractivity contribution is 7.15. The van der Waals surface area contributed by atoms with Crippen LogP contribution in [0.3, 0.4) is 0 Å². The van der Waals surface area contributed by atoms with Crippen molar-refractivity contribution in [3.8, 4) is 10.6 Å². The lowest BCUT2D eigenvalue weighted by Crippen LogP contribution is -2.25. The van der Waals surface area contributed by atoms with Gasteiger partial charge in [-0.05, 0) is 25.7 Å². The molecule has 0 radical (unpaired) electrons. The van der Waals surface area contributed by atoms with Gasteiger partial charge in [0.2, 0.25) is 0 Å². The summed E-state index contributed by atoms with van der Waals surface area (Å²) in [6.45, 7) is 1.01. The molecule has 1 aromatic heterocycles. The predicted molar refractivity (Wildman–Crippen MR) is 88.6 cm³/mol. The normalized spacial score (nSPS) is 19.2. The number of nitrogens with zero attached hydrogens (tertiary/aromatic N) is 1. The monoisotopic (exact) mass is 298 g/mol. The number of hydrogen-bond donors (Lipinski definition) is 1. The molecule has 2 aromatic rings. The maximum atomic E-state index is 4.97. The minimum atomic E-state index is 0.735. The standard InChI is InChI=1S/C18H22N2S/c1-2-6-14(7-3-1)18-20-17(13-10-11-13)16(21-18)12-19-15-8-4-5-9-15/h1-3,6-7,13,15,19H,4-5,8-12H2. The molecule has 1 heterocycles. The van der Waals surface area contributed by atoms with E-state index >= 15 is 0 Å². The van der Waals surface area contributed by atoms with Gasteiger partial charge in [-0.25, -0.2) is 4.98 Å². The first-order valence-electron chi connectivity index (χ1n) is 8.18. The highest BCUT2D eigenvalue weighted by Gasteiger charge is 2.30. The highest BCUT2D eigenvalue weighted by Crippen LogP contribution is 2.44. The molecule has 110 valence electrons. The van der Waals surface area contributed by atoms with Crippen LogP contribution in [0.5, 0.6) is 0 Å². The van der Waals surface area contributed by atoms with Crippen LogP contribution in [0.4, 0.5) is 0 Å². The van der Waals surface area contributed by atoms with Crippen molar-refractivity contribution in [2.24, 2.45) is 0 Å². The third-order valence-electron chi connectivity index (χ3n) is 4.62. The molecule has 2 aliphatic rings. The maximum Gasteiger partial charge on any atom is 0.123 e. The molecule has 1 aromatic carbocycles. The molecule has 21 heavy (non-hydrogen) atoms. The first-order valence-corrected chi connectivity index (χ1v) is 9.00. The van der Waals surface area contributed by atoms with Gasteiger partial charge in [0.15, 0.2) is 0 Å².